The van der Waals surface area contributed by atoms with Crippen LogP contribution in [0, 0.1) is 11.7 Å². The number of carbonyl (C=O) groups is 1. The Balaban J connectivity index is 1.28. The van der Waals surface area contributed by atoms with Crippen molar-refractivity contribution >= 4 is 11.7 Å². The second-order valence-electron chi connectivity index (χ2n) is 7.05. The lowest BCUT2D eigenvalue weighted by Gasteiger charge is -2.31. The molecule has 1 aliphatic rings. The van der Waals surface area contributed by atoms with E-state index >= 15 is 0 Å². The van der Waals surface area contributed by atoms with Crippen LogP contribution in [0.4, 0.5) is 14.9 Å². The van der Waals surface area contributed by atoms with Gasteiger partial charge in [0, 0.05) is 30.8 Å². The van der Waals surface area contributed by atoms with Gasteiger partial charge in [0.25, 0.3) is 0 Å². The van der Waals surface area contributed by atoms with Gasteiger partial charge < -0.3 is 10.2 Å². The van der Waals surface area contributed by atoms with E-state index in [2.05, 4.69) is 20.5 Å². The molecule has 1 aromatic heterocycles. The standard InChI is InChI=1S/C21H22FN5O/c22-17-7-4-8-18(14-17)23-21(28)27-11-9-15(10-12-27)13-19-24-20(26-25-19)16-5-2-1-3-6-16/h1-8,14-15H,9-13H2,(H,23,28)(H,24,25,26). The summed E-state index contributed by atoms with van der Waals surface area (Å²) < 4.78 is 13.2. The topological polar surface area (TPSA) is 73.9 Å². The Labute approximate surface area is 162 Å². The number of H-pyrrole nitrogens is 1. The number of hydrogen-bond acceptors (Lipinski definition) is 3. The van der Waals surface area contributed by atoms with Crippen molar-refractivity contribution in [2.45, 2.75) is 19.3 Å². The van der Waals surface area contributed by atoms with Gasteiger partial charge in [0.15, 0.2) is 5.82 Å². The molecule has 2 heterocycles. The van der Waals surface area contributed by atoms with Gasteiger partial charge in [0.1, 0.15) is 11.6 Å². The number of hydrogen-bond donors (Lipinski definition) is 2. The second-order valence-corrected chi connectivity index (χ2v) is 7.05. The molecule has 1 fully saturated rings. The monoisotopic (exact) mass is 379 g/mol. The molecule has 28 heavy (non-hydrogen) atoms. The Morgan fingerprint density at radius 1 is 1.14 bits per heavy atom. The van der Waals surface area contributed by atoms with Crippen LogP contribution in [0.25, 0.3) is 11.4 Å². The minimum atomic E-state index is -0.363. The number of rotatable bonds is 4. The number of nitrogens with one attached hydrogen (secondary N) is 2. The van der Waals surface area contributed by atoms with Crippen molar-refractivity contribution in [1.82, 2.24) is 20.1 Å². The molecule has 6 nitrogen and oxygen atoms in total. The fraction of sp³-hybridized carbons (Fsp3) is 0.286. The van der Waals surface area contributed by atoms with Gasteiger partial charge in [0.05, 0.1) is 0 Å². The number of nitrogens with zero attached hydrogens (tertiary/aromatic N) is 3. The first-order chi connectivity index (χ1) is 13.7. The predicted molar refractivity (Wildman–Crippen MR) is 105 cm³/mol. The SMILES string of the molecule is O=C(Nc1cccc(F)c1)N1CCC(Cc2nc(-c3ccccc3)n[nH]2)CC1. The Bertz CT molecular complexity index is 935. The molecule has 7 heteroatoms. The highest BCUT2D eigenvalue weighted by atomic mass is 19.1. The first-order valence-corrected chi connectivity index (χ1v) is 9.45. The van der Waals surface area contributed by atoms with E-state index in [0.29, 0.717) is 30.5 Å². The Morgan fingerprint density at radius 3 is 2.68 bits per heavy atom. The van der Waals surface area contributed by atoms with E-state index in [1.807, 2.05) is 30.3 Å². The Hall–Kier alpha value is -3.22. The van der Waals surface area contributed by atoms with E-state index in [1.165, 1.54) is 12.1 Å². The number of aromatic nitrogens is 3. The highest BCUT2D eigenvalue weighted by Gasteiger charge is 2.24. The smallest absolute Gasteiger partial charge is 0.321 e. The fourth-order valence-corrected chi connectivity index (χ4v) is 3.49. The molecule has 2 amide bonds. The van der Waals surface area contributed by atoms with Crippen LogP contribution < -0.4 is 5.32 Å². The first-order valence-electron chi connectivity index (χ1n) is 9.45. The molecule has 1 saturated heterocycles. The van der Waals surface area contributed by atoms with Crippen molar-refractivity contribution in [3.05, 3.63) is 66.2 Å². The van der Waals surface area contributed by atoms with Gasteiger partial charge in [-0.1, -0.05) is 36.4 Å². The number of aromatic amines is 1. The summed E-state index contributed by atoms with van der Waals surface area (Å²) in [5.74, 6) is 1.68. The van der Waals surface area contributed by atoms with E-state index in [1.54, 1.807) is 17.0 Å². The van der Waals surface area contributed by atoms with Gasteiger partial charge in [0.2, 0.25) is 0 Å². The fourth-order valence-electron chi connectivity index (χ4n) is 3.49. The lowest BCUT2D eigenvalue weighted by molar-refractivity contribution is 0.182. The third-order valence-electron chi connectivity index (χ3n) is 5.02. The van der Waals surface area contributed by atoms with E-state index in [9.17, 15) is 9.18 Å². The molecular weight excluding hydrogens is 357 g/mol. The van der Waals surface area contributed by atoms with Crippen LogP contribution in [-0.2, 0) is 6.42 Å². The zero-order valence-corrected chi connectivity index (χ0v) is 15.4. The number of amides is 2. The van der Waals surface area contributed by atoms with Gasteiger partial charge in [-0.2, -0.15) is 5.10 Å². The van der Waals surface area contributed by atoms with E-state index in [4.69, 9.17) is 0 Å². The van der Waals surface area contributed by atoms with Crippen LogP contribution in [0.2, 0.25) is 0 Å². The Morgan fingerprint density at radius 2 is 1.93 bits per heavy atom. The van der Waals surface area contributed by atoms with Gasteiger partial charge in [-0.25, -0.2) is 14.2 Å². The highest BCUT2D eigenvalue weighted by Crippen LogP contribution is 2.22. The zero-order chi connectivity index (χ0) is 19.3. The first kappa shape index (κ1) is 18.2. The van der Waals surface area contributed by atoms with Crippen LogP contribution in [-0.4, -0.2) is 39.2 Å². The van der Waals surface area contributed by atoms with Gasteiger partial charge >= 0.3 is 6.03 Å². The molecular formula is C21H22FN5O. The number of benzene rings is 2. The molecule has 2 N–H and O–H groups in total. The quantitative estimate of drug-likeness (QED) is 0.717. The third-order valence-corrected chi connectivity index (χ3v) is 5.02. The minimum absolute atomic E-state index is 0.185. The maximum Gasteiger partial charge on any atom is 0.321 e. The van der Waals surface area contributed by atoms with E-state index in [-0.39, 0.29) is 11.8 Å². The normalized spacial score (nSPS) is 14.8. The largest absolute Gasteiger partial charge is 0.325 e. The van der Waals surface area contributed by atoms with Crippen LogP contribution in [0.5, 0.6) is 0 Å². The number of halogens is 1. The molecule has 0 saturated carbocycles. The molecule has 0 unspecified atom stereocenters. The predicted octanol–water partition coefficient (Wildman–Crippen LogP) is 4.10. The third kappa shape index (κ3) is 4.36. The van der Waals surface area contributed by atoms with E-state index in [0.717, 1.165) is 30.7 Å². The lowest BCUT2D eigenvalue weighted by Crippen LogP contribution is -2.41. The van der Waals surface area contributed by atoms with Crippen molar-refractivity contribution in [3.8, 4) is 11.4 Å². The summed E-state index contributed by atoms with van der Waals surface area (Å²) in [6.07, 6.45) is 2.62. The molecule has 3 aromatic rings. The summed E-state index contributed by atoms with van der Waals surface area (Å²) in [5.41, 5.74) is 1.47. The maximum atomic E-state index is 13.2. The van der Waals surface area contributed by atoms with Crippen molar-refractivity contribution in [2.24, 2.45) is 5.92 Å². The number of anilines is 1. The maximum absolute atomic E-state index is 13.2. The average Bonchev–Trinajstić information content (AvgIpc) is 3.18. The number of carbonyl (C=O) groups excluding carboxylic acids is 1. The average molecular weight is 379 g/mol. The molecule has 144 valence electrons. The Kier molecular flexibility index (Phi) is 5.32. The number of piperidine rings is 1. The van der Waals surface area contributed by atoms with Gasteiger partial charge in [-0.3, -0.25) is 5.10 Å². The van der Waals surface area contributed by atoms with Crippen molar-refractivity contribution in [2.75, 3.05) is 18.4 Å². The van der Waals surface area contributed by atoms with Crippen LogP contribution in [0.15, 0.2) is 54.6 Å². The van der Waals surface area contributed by atoms with Crippen LogP contribution in [0.3, 0.4) is 0 Å². The molecule has 0 atom stereocenters. The summed E-state index contributed by atoms with van der Waals surface area (Å²) in [6.45, 7) is 1.34. The number of likely N-dealkylation sites (tertiary alicyclic amines) is 1. The van der Waals surface area contributed by atoms with Crippen molar-refractivity contribution in [3.63, 3.8) is 0 Å². The molecule has 1 aliphatic heterocycles. The van der Waals surface area contributed by atoms with Gasteiger partial charge in [-0.05, 0) is 37.0 Å². The summed E-state index contributed by atoms with van der Waals surface area (Å²) in [4.78, 5) is 18.7. The van der Waals surface area contributed by atoms with Crippen molar-refractivity contribution < 1.29 is 9.18 Å². The molecule has 2 aromatic carbocycles. The van der Waals surface area contributed by atoms with Crippen LogP contribution >= 0.6 is 0 Å². The second kappa shape index (κ2) is 8.21. The molecule has 0 aliphatic carbocycles. The molecule has 0 spiro atoms. The lowest BCUT2D eigenvalue weighted by atomic mass is 9.93. The summed E-state index contributed by atoms with van der Waals surface area (Å²) in [6, 6.07) is 15.6. The number of urea groups is 1. The van der Waals surface area contributed by atoms with Crippen molar-refractivity contribution in [1.29, 1.82) is 0 Å². The summed E-state index contributed by atoms with van der Waals surface area (Å²) in [5, 5.41) is 10.1. The molecule has 4 rings (SSSR count). The van der Waals surface area contributed by atoms with E-state index < -0.39 is 0 Å². The zero-order valence-electron chi connectivity index (χ0n) is 15.4. The van der Waals surface area contributed by atoms with Crippen LogP contribution in [0.1, 0.15) is 18.7 Å². The molecule has 0 bridgehead atoms. The van der Waals surface area contributed by atoms with Gasteiger partial charge in [-0.15, -0.1) is 0 Å². The minimum Gasteiger partial charge on any atom is -0.325 e. The molecule has 0 radical (unpaired) electrons. The summed E-state index contributed by atoms with van der Waals surface area (Å²) in [7, 11) is 0. The highest BCUT2D eigenvalue weighted by molar-refractivity contribution is 5.89. The summed E-state index contributed by atoms with van der Waals surface area (Å²) >= 11 is 0.